The van der Waals surface area contributed by atoms with Gasteiger partial charge in [0, 0.05) is 0 Å². The molecule has 0 amide bonds. The molecule has 0 bridgehead atoms. The molecule has 0 aromatic heterocycles. The van der Waals surface area contributed by atoms with Crippen molar-refractivity contribution in [1.82, 2.24) is 0 Å². The van der Waals surface area contributed by atoms with Crippen LogP contribution in [0, 0.1) is 0 Å². The van der Waals surface area contributed by atoms with E-state index in [4.69, 9.17) is 18.3 Å². The predicted octanol–water partition coefficient (Wildman–Crippen LogP) is 3.84. The van der Waals surface area contributed by atoms with Crippen molar-refractivity contribution < 1.29 is 23.1 Å². The highest BCUT2D eigenvalue weighted by Crippen LogP contribution is 2.15. The van der Waals surface area contributed by atoms with Gasteiger partial charge < -0.3 is 13.7 Å². The molecule has 118 valence electrons. The Morgan fingerprint density at radius 3 is 1.65 bits per heavy atom. The predicted molar refractivity (Wildman–Crippen MR) is 87.5 cm³/mol. The van der Waals surface area contributed by atoms with Crippen molar-refractivity contribution in [2.75, 3.05) is 0 Å². The molecule has 0 aliphatic carbocycles. The quantitative estimate of drug-likeness (QED) is 0.232. The zero-order valence-electron chi connectivity index (χ0n) is 14.1. The molecule has 0 aromatic carbocycles. The maximum atomic E-state index is 12.0. The lowest BCUT2D eigenvalue weighted by atomic mass is 10.6. The van der Waals surface area contributed by atoms with Crippen molar-refractivity contribution >= 4 is 30.9 Å². The van der Waals surface area contributed by atoms with E-state index in [0.29, 0.717) is 0 Å². The first-order chi connectivity index (χ1) is 8.70. The Kier molecular flexibility index (Phi) is 6.72. The van der Waals surface area contributed by atoms with E-state index in [1.807, 2.05) is 58.9 Å². The summed E-state index contributed by atoms with van der Waals surface area (Å²) in [6.45, 7) is 17.8. The molecule has 8 heteroatoms. The summed E-state index contributed by atoms with van der Waals surface area (Å²) in [4.78, 5) is 16.9. The van der Waals surface area contributed by atoms with Crippen LogP contribution in [0.3, 0.4) is 0 Å². The van der Waals surface area contributed by atoms with E-state index >= 15 is 0 Å². The fourth-order valence-corrected chi connectivity index (χ4v) is 2.46. The monoisotopic (exact) mass is 336 g/mol. The molecule has 0 aliphatic rings. The summed E-state index contributed by atoms with van der Waals surface area (Å²) in [6, 6.07) is 0. The summed E-state index contributed by atoms with van der Waals surface area (Å²) >= 11 is 0. The van der Waals surface area contributed by atoms with Gasteiger partial charge in [0.1, 0.15) is 6.26 Å². The van der Waals surface area contributed by atoms with Crippen LogP contribution >= 0.6 is 0 Å². The highest BCUT2D eigenvalue weighted by molar-refractivity contribution is 6.71. The minimum atomic E-state index is -1.93. The summed E-state index contributed by atoms with van der Waals surface area (Å²) in [5.74, 6) is -0.544. The van der Waals surface area contributed by atoms with Gasteiger partial charge in [0.05, 0.1) is 0 Å². The van der Waals surface area contributed by atoms with Crippen LogP contribution in [-0.2, 0) is 23.1 Å². The van der Waals surface area contributed by atoms with Gasteiger partial charge in [0.15, 0.2) is 0 Å². The van der Waals surface area contributed by atoms with Crippen molar-refractivity contribution in [2.45, 2.75) is 58.9 Å². The van der Waals surface area contributed by atoms with Gasteiger partial charge in [-0.2, -0.15) is 0 Å². The summed E-state index contributed by atoms with van der Waals surface area (Å²) in [7, 11) is -5.64. The van der Waals surface area contributed by atoms with Crippen LogP contribution in [0.15, 0.2) is 12.0 Å². The maximum Gasteiger partial charge on any atom is 0.407 e. The minimum Gasteiger partial charge on any atom is -0.547 e. The lowest BCUT2D eigenvalue weighted by Crippen LogP contribution is -2.32. The van der Waals surface area contributed by atoms with Gasteiger partial charge in [-0.15, -0.1) is 0 Å². The van der Waals surface area contributed by atoms with Crippen LogP contribution < -0.4 is 0 Å². The van der Waals surface area contributed by atoms with E-state index in [0.717, 1.165) is 0 Å². The third kappa shape index (κ3) is 11.3. The van der Waals surface area contributed by atoms with E-state index in [9.17, 15) is 4.79 Å². The SMILES string of the molecule is C[Si](C)(C)OC=C(O[Si](C)(C)C)C(=O)OO[Si](C)(C)C. The fraction of sp³-hybridized carbons (Fsp3) is 0.750. The van der Waals surface area contributed by atoms with Crippen LogP contribution in [0.5, 0.6) is 0 Å². The first kappa shape index (κ1) is 19.4. The Labute approximate surface area is 125 Å². The molecule has 0 rings (SSSR count). The molecule has 0 radical (unpaired) electrons. The van der Waals surface area contributed by atoms with Crippen LogP contribution in [0.2, 0.25) is 58.9 Å². The summed E-state index contributed by atoms with van der Waals surface area (Å²) in [5, 5.41) is 0. The Morgan fingerprint density at radius 1 is 0.800 bits per heavy atom. The smallest absolute Gasteiger partial charge is 0.407 e. The van der Waals surface area contributed by atoms with Gasteiger partial charge in [0.2, 0.25) is 30.7 Å². The Bertz CT molecular complexity index is 361. The second kappa shape index (κ2) is 6.92. The highest BCUT2D eigenvalue weighted by atomic mass is 28.4. The van der Waals surface area contributed by atoms with Crippen LogP contribution in [0.1, 0.15) is 0 Å². The first-order valence-electron chi connectivity index (χ1n) is 6.67. The molecule has 0 spiro atoms. The molecular weight excluding hydrogens is 308 g/mol. The second-order valence-corrected chi connectivity index (χ2v) is 20.8. The largest absolute Gasteiger partial charge is 0.547 e. The van der Waals surface area contributed by atoms with E-state index in [1.54, 1.807) is 0 Å². The van der Waals surface area contributed by atoms with Gasteiger partial charge in [-0.1, -0.05) is 0 Å². The molecule has 0 fully saturated rings. The number of carbonyl (C=O) groups excluding carboxylic acids is 1. The molecule has 0 saturated heterocycles. The van der Waals surface area contributed by atoms with E-state index in [1.165, 1.54) is 6.26 Å². The number of rotatable bonds is 7. The fourth-order valence-electron chi connectivity index (χ4n) is 0.878. The Balaban J connectivity index is 4.89. The van der Waals surface area contributed by atoms with Crippen molar-refractivity contribution in [1.29, 1.82) is 0 Å². The van der Waals surface area contributed by atoms with Crippen molar-refractivity contribution in [3.05, 3.63) is 12.0 Å². The maximum absolute atomic E-state index is 12.0. The number of carbonyl (C=O) groups is 1. The van der Waals surface area contributed by atoms with Crippen LogP contribution in [0.25, 0.3) is 0 Å². The molecule has 0 unspecified atom stereocenters. The van der Waals surface area contributed by atoms with Crippen molar-refractivity contribution in [3.8, 4) is 0 Å². The third-order valence-electron chi connectivity index (χ3n) is 1.50. The van der Waals surface area contributed by atoms with E-state index in [-0.39, 0.29) is 5.76 Å². The van der Waals surface area contributed by atoms with Crippen LogP contribution in [-0.4, -0.2) is 30.9 Å². The molecule has 0 heterocycles. The number of hydrogen-bond acceptors (Lipinski definition) is 5. The van der Waals surface area contributed by atoms with Gasteiger partial charge >= 0.3 is 5.97 Å². The average Bonchev–Trinajstić information content (AvgIpc) is 2.16. The number of hydrogen-bond donors (Lipinski definition) is 0. The molecule has 0 atom stereocenters. The van der Waals surface area contributed by atoms with Crippen molar-refractivity contribution in [3.63, 3.8) is 0 Å². The Hall–Kier alpha value is -0.579. The second-order valence-electron chi connectivity index (χ2n) is 7.49. The summed E-state index contributed by atoms with van der Waals surface area (Å²) in [5.41, 5.74) is 0. The molecule has 0 aromatic rings. The summed E-state index contributed by atoms with van der Waals surface area (Å²) < 4.78 is 16.5. The van der Waals surface area contributed by atoms with Crippen LogP contribution in [0.4, 0.5) is 0 Å². The molecule has 0 aliphatic heterocycles. The third-order valence-corrected chi connectivity index (χ3v) is 3.74. The highest BCUT2D eigenvalue weighted by Gasteiger charge is 2.27. The van der Waals surface area contributed by atoms with Gasteiger partial charge in [-0.25, -0.2) is 9.37 Å². The lowest BCUT2D eigenvalue weighted by Gasteiger charge is -2.23. The first-order valence-corrected chi connectivity index (χ1v) is 16.9. The van der Waals surface area contributed by atoms with E-state index in [2.05, 4.69) is 0 Å². The Morgan fingerprint density at radius 2 is 1.30 bits per heavy atom. The van der Waals surface area contributed by atoms with Crippen molar-refractivity contribution in [2.24, 2.45) is 0 Å². The zero-order chi connectivity index (χ0) is 16.2. The molecule has 0 N–H and O–H groups in total. The van der Waals surface area contributed by atoms with Gasteiger partial charge in [-0.05, 0) is 58.9 Å². The molecule has 5 nitrogen and oxygen atoms in total. The standard InChI is InChI=1S/C12H28O5Si3/c1-18(2,3)14-10-11(16-19(4,5)6)12(13)15-17-20(7,8)9/h10H,1-9H3. The molecular formula is C12H28O5Si3. The van der Waals surface area contributed by atoms with Gasteiger partial charge in [-0.3, -0.25) is 0 Å². The molecule has 20 heavy (non-hydrogen) atoms. The van der Waals surface area contributed by atoms with Gasteiger partial charge in [0.25, 0.3) is 0 Å². The summed E-state index contributed by atoms with van der Waals surface area (Å²) in [6.07, 6.45) is 1.38. The van der Waals surface area contributed by atoms with E-state index < -0.39 is 30.9 Å². The minimum absolute atomic E-state index is 0.0878. The lowest BCUT2D eigenvalue weighted by molar-refractivity contribution is -0.217. The topological polar surface area (TPSA) is 54.0 Å². The zero-order valence-corrected chi connectivity index (χ0v) is 17.1. The normalized spacial score (nSPS) is 13.9. The average molecular weight is 337 g/mol. The molecule has 0 saturated carbocycles.